The number of rotatable bonds is 3. The lowest BCUT2D eigenvalue weighted by atomic mass is 10.1. The van der Waals surface area contributed by atoms with Crippen LogP contribution in [0.5, 0.6) is 5.88 Å². The minimum Gasteiger partial charge on any atom is -0.493 e. The van der Waals surface area contributed by atoms with E-state index in [0.717, 1.165) is 5.56 Å². The van der Waals surface area contributed by atoms with Crippen LogP contribution in [0.15, 0.2) is 23.0 Å². The van der Waals surface area contributed by atoms with Gasteiger partial charge < -0.3 is 10.1 Å². The minimum atomic E-state index is -0.317. The van der Waals surface area contributed by atoms with Crippen LogP contribution >= 0.6 is 23.2 Å². The summed E-state index contributed by atoms with van der Waals surface area (Å²) in [5.41, 5.74) is 0.824. The molecular formula is C14H14Cl2N2O2. The summed E-state index contributed by atoms with van der Waals surface area (Å²) in [6.07, 6.45) is 0.359. The number of aromatic hydroxyl groups is 1. The maximum atomic E-state index is 11.9. The lowest BCUT2D eigenvalue weighted by molar-refractivity contribution is 0.436. The summed E-state index contributed by atoms with van der Waals surface area (Å²) in [7, 11) is 0. The Bertz CT molecular complexity index is 696. The van der Waals surface area contributed by atoms with Crippen LogP contribution in [0.4, 0.5) is 0 Å². The topological polar surface area (TPSA) is 66.0 Å². The van der Waals surface area contributed by atoms with E-state index in [1.807, 2.05) is 13.8 Å². The van der Waals surface area contributed by atoms with Crippen molar-refractivity contribution in [3.63, 3.8) is 0 Å². The van der Waals surface area contributed by atoms with Crippen molar-refractivity contribution in [3.8, 4) is 5.88 Å². The van der Waals surface area contributed by atoms with Gasteiger partial charge >= 0.3 is 0 Å². The highest BCUT2D eigenvalue weighted by Crippen LogP contribution is 2.24. The highest BCUT2D eigenvalue weighted by atomic mass is 35.5. The number of nitrogens with one attached hydrogen (secondary N) is 1. The first kappa shape index (κ1) is 14.9. The second-order valence-corrected chi connectivity index (χ2v) is 5.64. The van der Waals surface area contributed by atoms with Gasteiger partial charge in [0.25, 0.3) is 5.56 Å². The van der Waals surface area contributed by atoms with E-state index in [-0.39, 0.29) is 17.4 Å². The van der Waals surface area contributed by atoms with Gasteiger partial charge in [0.05, 0.1) is 15.6 Å². The van der Waals surface area contributed by atoms with E-state index in [0.29, 0.717) is 27.9 Å². The number of halogens is 2. The molecule has 0 saturated heterocycles. The number of hydrogen-bond acceptors (Lipinski definition) is 3. The van der Waals surface area contributed by atoms with Crippen molar-refractivity contribution in [3.05, 3.63) is 55.5 Å². The molecule has 6 heteroatoms. The standard InChI is InChI=1S/C14H14Cl2N2O2/c1-7(2)12-13(19)17-11(18-14(12)20)6-8-3-4-9(15)10(16)5-8/h3-5,7H,6H2,1-2H3,(H2,17,18,19,20). The Kier molecular flexibility index (Phi) is 4.35. The van der Waals surface area contributed by atoms with Crippen molar-refractivity contribution in [2.75, 3.05) is 0 Å². The third kappa shape index (κ3) is 3.14. The summed E-state index contributed by atoms with van der Waals surface area (Å²) >= 11 is 11.8. The third-order valence-electron chi connectivity index (χ3n) is 2.92. The first-order valence-corrected chi connectivity index (χ1v) is 6.90. The molecule has 4 nitrogen and oxygen atoms in total. The molecule has 0 saturated carbocycles. The molecule has 1 aromatic carbocycles. The molecule has 2 aromatic rings. The highest BCUT2D eigenvalue weighted by Gasteiger charge is 2.14. The summed E-state index contributed by atoms with van der Waals surface area (Å²) in [6.45, 7) is 3.65. The minimum absolute atomic E-state index is 0.0923. The molecule has 0 unspecified atom stereocenters. The van der Waals surface area contributed by atoms with Gasteiger partial charge in [-0.05, 0) is 23.6 Å². The van der Waals surface area contributed by atoms with E-state index in [1.165, 1.54) is 0 Å². The Balaban J connectivity index is 2.35. The van der Waals surface area contributed by atoms with Gasteiger partial charge in [0.2, 0.25) is 5.88 Å². The average Bonchev–Trinajstić information content (AvgIpc) is 2.32. The van der Waals surface area contributed by atoms with Gasteiger partial charge in [-0.3, -0.25) is 4.79 Å². The molecule has 1 aromatic heterocycles. The molecule has 1 heterocycles. The zero-order chi connectivity index (χ0) is 14.9. The number of hydrogen-bond donors (Lipinski definition) is 2. The highest BCUT2D eigenvalue weighted by molar-refractivity contribution is 6.42. The average molecular weight is 313 g/mol. The van der Waals surface area contributed by atoms with Crippen molar-refractivity contribution < 1.29 is 5.11 Å². The summed E-state index contributed by atoms with van der Waals surface area (Å²) in [5, 5.41) is 10.7. The maximum absolute atomic E-state index is 11.9. The van der Waals surface area contributed by atoms with Crippen molar-refractivity contribution in [1.29, 1.82) is 0 Å². The van der Waals surface area contributed by atoms with Crippen LogP contribution in [0.2, 0.25) is 10.0 Å². The van der Waals surface area contributed by atoms with Crippen LogP contribution in [0.1, 0.15) is 36.7 Å². The van der Waals surface area contributed by atoms with E-state index in [9.17, 15) is 9.90 Å². The summed E-state index contributed by atoms with van der Waals surface area (Å²) < 4.78 is 0. The predicted octanol–water partition coefficient (Wildman–Crippen LogP) is 3.50. The summed E-state index contributed by atoms with van der Waals surface area (Å²) in [5.74, 6) is 0.0689. The zero-order valence-corrected chi connectivity index (χ0v) is 12.6. The molecular weight excluding hydrogens is 299 g/mol. The Morgan fingerprint density at radius 1 is 1.30 bits per heavy atom. The van der Waals surface area contributed by atoms with Crippen LogP contribution < -0.4 is 5.56 Å². The Morgan fingerprint density at radius 3 is 2.55 bits per heavy atom. The number of H-pyrrole nitrogens is 1. The number of benzene rings is 1. The van der Waals surface area contributed by atoms with E-state index in [4.69, 9.17) is 23.2 Å². The normalized spacial score (nSPS) is 11.1. The number of aromatic nitrogens is 2. The fourth-order valence-electron chi connectivity index (χ4n) is 1.96. The molecule has 20 heavy (non-hydrogen) atoms. The predicted molar refractivity (Wildman–Crippen MR) is 79.9 cm³/mol. The molecule has 2 rings (SSSR count). The SMILES string of the molecule is CC(C)c1c(O)nc(Cc2ccc(Cl)c(Cl)c2)[nH]c1=O. The molecule has 0 amide bonds. The van der Waals surface area contributed by atoms with Gasteiger partial charge in [-0.25, -0.2) is 0 Å². The smallest absolute Gasteiger partial charge is 0.258 e. The van der Waals surface area contributed by atoms with Crippen molar-refractivity contribution in [2.45, 2.75) is 26.2 Å². The molecule has 0 atom stereocenters. The van der Waals surface area contributed by atoms with E-state index in [1.54, 1.807) is 18.2 Å². The van der Waals surface area contributed by atoms with Crippen LogP contribution in [0, 0.1) is 0 Å². The van der Waals surface area contributed by atoms with Gasteiger partial charge in [-0.1, -0.05) is 43.1 Å². The van der Waals surface area contributed by atoms with Crippen molar-refractivity contribution >= 4 is 23.2 Å². The third-order valence-corrected chi connectivity index (χ3v) is 3.66. The fourth-order valence-corrected chi connectivity index (χ4v) is 2.28. The van der Waals surface area contributed by atoms with Gasteiger partial charge in [-0.2, -0.15) is 4.98 Å². The van der Waals surface area contributed by atoms with Gasteiger partial charge in [0.15, 0.2) is 0 Å². The molecule has 106 valence electrons. The molecule has 0 aliphatic rings. The Morgan fingerprint density at radius 2 is 2.00 bits per heavy atom. The largest absolute Gasteiger partial charge is 0.493 e. The van der Waals surface area contributed by atoms with E-state index >= 15 is 0 Å². The van der Waals surface area contributed by atoms with Crippen LogP contribution in [-0.4, -0.2) is 15.1 Å². The fraction of sp³-hybridized carbons (Fsp3) is 0.286. The number of aromatic amines is 1. The quantitative estimate of drug-likeness (QED) is 0.911. The Hall–Kier alpha value is -1.52. The zero-order valence-electron chi connectivity index (χ0n) is 11.1. The van der Waals surface area contributed by atoms with E-state index in [2.05, 4.69) is 9.97 Å². The van der Waals surface area contributed by atoms with Crippen LogP contribution in [0.25, 0.3) is 0 Å². The second kappa shape index (κ2) is 5.85. The van der Waals surface area contributed by atoms with Crippen LogP contribution in [-0.2, 0) is 6.42 Å². The van der Waals surface area contributed by atoms with Crippen molar-refractivity contribution in [1.82, 2.24) is 9.97 Å². The van der Waals surface area contributed by atoms with Crippen LogP contribution in [0.3, 0.4) is 0 Å². The van der Waals surface area contributed by atoms with Crippen molar-refractivity contribution in [2.24, 2.45) is 0 Å². The molecule has 0 fully saturated rings. The molecule has 2 N–H and O–H groups in total. The Labute approximate surface area is 126 Å². The first-order chi connectivity index (χ1) is 9.38. The summed E-state index contributed by atoms with van der Waals surface area (Å²) in [6, 6.07) is 5.18. The molecule has 0 aliphatic carbocycles. The lowest BCUT2D eigenvalue weighted by Gasteiger charge is -2.08. The van der Waals surface area contributed by atoms with Gasteiger partial charge in [0.1, 0.15) is 5.82 Å². The molecule has 0 spiro atoms. The summed E-state index contributed by atoms with van der Waals surface area (Å²) in [4.78, 5) is 18.6. The monoisotopic (exact) mass is 312 g/mol. The molecule has 0 bridgehead atoms. The molecule has 0 aliphatic heterocycles. The molecule has 0 radical (unpaired) electrons. The van der Waals surface area contributed by atoms with Gasteiger partial charge in [-0.15, -0.1) is 0 Å². The second-order valence-electron chi connectivity index (χ2n) is 4.83. The number of nitrogens with zero attached hydrogens (tertiary/aromatic N) is 1. The lowest BCUT2D eigenvalue weighted by Crippen LogP contribution is -2.18. The first-order valence-electron chi connectivity index (χ1n) is 6.14. The van der Waals surface area contributed by atoms with Gasteiger partial charge in [0, 0.05) is 6.42 Å². The van der Waals surface area contributed by atoms with E-state index < -0.39 is 0 Å². The maximum Gasteiger partial charge on any atom is 0.258 e.